The van der Waals surface area contributed by atoms with Gasteiger partial charge in [-0.1, -0.05) is 31.9 Å². The van der Waals surface area contributed by atoms with E-state index in [-0.39, 0.29) is 24.5 Å². The molecule has 4 rings (SSSR count). The highest BCUT2D eigenvalue weighted by molar-refractivity contribution is 6.10. The van der Waals surface area contributed by atoms with Crippen LogP contribution in [0.4, 0.5) is 0 Å². The van der Waals surface area contributed by atoms with Crippen molar-refractivity contribution < 1.29 is 9.59 Å². The van der Waals surface area contributed by atoms with Gasteiger partial charge in [-0.2, -0.15) is 0 Å². The van der Waals surface area contributed by atoms with Crippen molar-refractivity contribution >= 4 is 39.7 Å². The number of nitrogens with one attached hydrogen (secondary N) is 1. The summed E-state index contributed by atoms with van der Waals surface area (Å²) in [5.74, 6) is 0.0813. The number of nitrogens with zero attached hydrogens (tertiary/aromatic N) is 3. The third-order valence-corrected chi connectivity index (χ3v) is 6.50. The summed E-state index contributed by atoms with van der Waals surface area (Å²) < 4.78 is 0. The Kier molecular flexibility index (Phi) is 7.55. The van der Waals surface area contributed by atoms with Gasteiger partial charge in [0.2, 0.25) is 5.91 Å². The first kappa shape index (κ1) is 23.2. The highest BCUT2D eigenvalue weighted by Gasteiger charge is 2.20. The van der Waals surface area contributed by atoms with Gasteiger partial charge in [0.15, 0.2) is 5.78 Å². The molecule has 1 N–H and O–H groups in total. The van der Waals surface area contributed by atoms with E-state index in [4.69, 9.17) is 0 Å². The molecule has 6 nitrogen and oxygen atoms in total. The number of rotatable bonds is 9. The molecule has 3 heterocycles. The molecule has 0 radical (unpaired) electrons. The minimum absolute atomic E-state index is 0.00802. The number of aromatic amines is 1. The number of piperazine rings is 1. The maximum absolute atomic E-state index is 12.9. The molecule has 1 saturated heterocycles. The molecule has 0 atom stereocenters. The first-order valence-electron chi connectivity index (χ1n) is 12.1. The van der Waals surface area contributed by atoms with Crippen molar-refractivity contribution in [3.63, 3.8) is 0 Å². The fourth-order valence-electron chi connectivity index (χ4n) is 4.36. The van der Waals surface area contributed by atoms with E-state index in [1.807, 2.05) is 29.3 Å². The minimum Gasteiger partial charge on any atom is -0.340 e. The van der Waals surface area contributed by atoms with Gasteiger partial charge in [-0.25, -0.2) is 4.98 Å². The lowest BCUT2D eigenvalue weighted by molar-refractivity contribution is -0.132. The Morgan fingerprint density at radius 1 is 1.06 bits per heavy atom. The minimum atomic E-state index is 0.00802. The molecular formula is C27H34N4O2. The summed E-state index contributed by atoms with van der Waals surface area (Å²) >= 11 is 0. The highest BCUT2D eigenvalue weighted by Crippen LogP contribution is 2.27. The first-order chi connectivity index (χ1) is 16.0. The number of fused-ring (bicyclic) bond motifs is 3. The van der Waals surface area contributed by atoms with Gasteiger partial charge in [-0.3, -0.25) is 9.59 Å². The quantitative estimate of drug-likeness (QED) is 0.369. The lowest BCUT2D eigenvalue weighted by Gasteiger charge is -2.32. The van der Waals surface area contributed by atoms with Crippen LogP contribution in [0.25, 0.3) is 28.0 Å². The summed E-state index contributed by atoms with van der Waals surface area (Å²) in [6, 6.07) is 7.84. The normalized spacial score (nSPS) is 15.2. The predicted molar refractivity (Wildman–Crippen MR) is 134 cm³/mol. The average Bonchev–Trinajstić information content (AvgIpc) is 3.20. The molecule has 1 aliphatic heterocycles. The summed E-state index contributed by atoms with van der Waals surface area (Å²) in [7, 11) is 2.06. The van der Waals surface area contributed by atoms with E-state index in [0.717, 1.165) is 60.1 Å². The van der Waals surface area contributed by atoms with Crippen molar-refractivity contribution in [3.05, 3.63) is 47.7 Å². The van der Waals surface area contributed by atoms with E-state index < -0.39 is 0 Å². The third-order valence-electron chi connectivity index (χ3n) is 6.50. The largest absolute Gasteiger partial charge is 0.340 e. The monoisotopic (exact) mass is 446 g/mol. The third kappa shape index (κ3) is 5.69. The summed E-state index contributed by atoms with van der Waals surface area (Å²) in [5.41, 5.74) is 3.50. The number of H-pyrrole nitrogens is 1. The summed E-state index contributed by atoms with van der Waals surface area (Å²) in [6.45, 7) is 5.48. The number of unbranched alkanes of at least 4 members (excludes halogenated alkanes) is 3. The van der Waals surface area contributed by atoms with Crippen LogP contribution in [0.1, 0.15) is 61.4 Å². The van der Waals surface area contributed by atoms with Crippen molar-refractivity contribution in [1.29, 1.82) is 0 Å². The van der Waals surface area contributed by atoms with Crippen LogP contribution in [-0.2, 0) is 4.79 Å². The smallest absolute Gasteiger partial charge is 0.223 e. The Hall–Kier alpha value is -2.99. The number of carbonyl (C=O) groups excluding carboxylic acids is 2. The second-order valence-electron chi connectivity index (χ2n) is 9.06. The van der Waals surface area contributed by atoms with E-state index in [1.165, 1.54) is 19.3 Å². The van der Waals surface area contributed by atoms with Gasteiger partial charge in [-0.05, 0) is 49.7 Å². The molecule has 0 saturated carbocycles. The number of hydrogen-bond donors (Lipinski definition) is 1. The van der Waals surface area contributed by atoms with Crippen LogP contribution in [0.5, 0.6) is 0 Å². The lowest BCUT2D eigenvalue weighted by Crippen LogP contribution is -2.47. The number of carbonyl (C=O) groups is 2. The second-order valence-corrected chi connectivity index (χ2v) is 9.06. The Labute approximate surface area is 195 Å². The zero-order valence-corrected chi connectivity index (χ0v) is 19.8. The molecule has 1 aromatic carbocycles. The van der Waals surface area contributed by atoms with Gasteiger partial charge in [0.05, 0.1) is 0 Å². The van der Waals surface area contributed by atoms with Crippen LogP contribution in [-0.4, -0.2) is 64.7 Å². The summed E-state index contributed by atoms with van der Waals surface area (Å²) in [4.78, 5) is 37.4. The lowest BCUT2D eigenvalue weighted by atomic mass is 10.0. The summed E-state index contributed by atoms with van der Waals surface area (Å²) in [5, 5.41) is 2.01. The number of amides is 1. The van der Waals surface area contributed by atoms with E-state index >= 15 is 0 Å². The van der Waals surface area contributed by atoms with Crippen LogP contribution in [0.3, 0.4) is 0 Å². The van der Waals surface area contributed by atoms with Gasteiger partial charge in [0.1, 0.15) is 5.65 Å². The van der Waals surface area contributed by atoms with Gasteiger partial charge in [0, 0.05) is 67.1 Å². The number of pyridine rings is 1. The average molecular weight is 447 g/mol. The molecule has 3 aromatic rings. The fraction of sp³-hybridized carbons (Fsp3) is 0.444. The summed E-state index contributed by atoms with van der Waals surface area (Å²) in [6.07, 6.45) is 11.5. The molecule has 6 heteroatoms. The highest BCUT2D eigenvalue weighted by atomic mass is 16.2. The van der Waals surface area contributed by atoms with Crippen LogP contribution in [0, 0.1) is 0 Å². The molecule has 0 bridgehead atoms. The molecule has 0 unspecified atom stereocenters. The van der Waals surface area contributed by atoms with E-state index in [2.05, 4.69) is 47.1 Å². The Morgan fingerprint density at radius 3 is 2.67 bits per heavy atom. The van der Waals surface area contributed by atoms with E-state index in [9.17, 15) is 9.59 Å². The number of likely N-dealkylation sites (N-methyl/N-ethyl adjacent to an activating group) is 1. The van der Waals surface area contributed by atoms with Crippen LogP contribution in [0.2, 0.25) is 0 Å². The van der Waals surface area contributed by atoms with Gasteiger partial charge >= 0.3 is 0 Å². The van der Waals surface area contributed by atoms with Crippen molar-refractivity contribution in [2.75, 3.05) is 33.2 Å². The number of Topliss-reactive ketones (excluding diaryl/α,β-unsaturated/α-hetero) is 1. The number of benzene rings is 1. The van der Waals surface area contributed by atoms with Crippen LogP contribution < -0.4 is 0 Å². The second kappa shape index (κ2) is 10.8. The maximum atomic E-state index is 12.9. The molecular weight excluding hydrogens is 412 g/mol. The SMILES string of the molecule is CCCCCC=Cc1cnc2[nH]c3ccc(C(=O)CCC(=O)N4CCN(C)CC4)cc3c2c1. The zero-order chi connectivity index (χ0) is 23.2. The molecule has 33 heavy (non-hydrogen) atoms. The number of allylic oxidation sites excluding steroid dienone is 1. The predicted octanol–water partition coefficient (Wildman–Crippen LogP) is 5.05. The van der Waals surface area contributed by atoms with Gasteiger partial charge in [-0.15, -0.1) is 0 Å². The van der Waals surface area contributed by atoms with Crippen molar-refractivity contribution in [3.8, 4) is 0 Å². The van der Waals surface area contributed by atoms with Crippen molar-refractivity contribution in [2.24, 2.45) is 0 Å². The number of aromatic nitrogens is 2. The van der Waals surface area contributed by atoms with Gasteiger partial charge in [0.25, 0.3) is 0 Å². The van der Waals surface area contributed by atoms with Crippen molar-refractivity contribution in [1.82, 2.24) is 19.8 Å². The molecule has 1 fully saturated rings. The fourth-order valence-corrected chi connectivity index (χ4v) is 4.36. The molecule has 0 spiro atoms. The van der Waals surface area contributed by atoms with Crippen LogP contribution in [0.15, 0.2) is 36.5 Å². The molecule has 2 aromatic heterocycles. The molecule has 174 valence electrons. The molecule has 1 aliphatic rings. The maximum Gasteiger partial charge on any atom is 0.223 e. The number of ketones is 1. The standard InChI is InChI=1S/C27H34N4O2/c1-3-4-5-6-7-8-20-17-23-22-18-21(9-10-24(22)29-27(23)28-19-20)25(32)11-12-26(33)31-15-13-30(2)14-16-31/h7-10,17-19H,3-6,11-16H2,1-2H3,(H,28,29). The van der Waals surface area contributed by atoms with Gasteiger partial charge < -0.3 is 14.8 Å². The topological polar surface area (TPSA) is 69.3 Å². The van der Waals surface area contributed by atoms with E-state index in [1.54, 1.807) is 0 Å². The van der Waals surface area contributed by atoms with Crippen LogP contribution >= 0.6 is 0 Å². The Bertz CT molecular complexity index is 1160. The number of hydrogen-bond acceptors (Lipinski definition) is 4. The molecule has 0 aliphatic carbocycles. The van der Waals surface area contributed by atoms with Crippen molar-refractivity contribution in [2.45, 2.75) is 45.4 Å². The van der Waals surface area contributed by atoms with E-state index in [0.29, 0.717) is 5.56 Å². The molecule has 1 amide bonds. The Morgan fingerprint density at radius 2 is 1.88 bits per heavy atom. The Balaban J connectivity index is 1.45. The first-order valence-corrected chi connectivity index (χ1v) is 12.1. The zero-order valence-electron chi connectivity index (χ0n) is 19.8.